The summed E-state index contributed by atoms with van der Waals surface area (Å²) in [5, 5.41) is 1.77. The van der Waals surface area contributed by atoms with E-state index in [1.54, 1.807) is 17.5 Å². The lowest BCUT2D eigenvalue weighted by molar-refractivity contribution is -0.137. The van der Waals surface area contributed by atoms with E-state index >= 15 is 0 Å². The summed E-state index contributed by atoms with van der Waals surface area (Å²) >= 11 is 1.23. The average Bonchev–Trinajstić information content (AvgIpc) is 3.26. The minimum absolute atomic E-state index is 0.114. The highest BCUT2D eigenvalue weighted by atomic mass is 32.2. The van der Waals surface area contributed by atoms with E-state index in [-0.39, 0.29) is 11.8 Å². The molecular formula is C16H24N2O3S2. The highest BCUT2D eigenvalue weighted by molar-refractivity contribution is 7.91. The highest BCUT2D eigenvalue weighted by Crippen LogP contribution is 2.29. The number of carbonyl (C=O) groups excluding carboxylic acids is 1. The van der Waals surface area contributed by atoms with Crippen molar-refractivity contribution in [1.29, 1.82) is 0 Å². The molecule has 2 fully saturated rings. The summed E-state index contributed by atoms with van der Waals surface area (Å²) < 4.78 is 27.2. The lowest BCUT2D eigenvalue weighted by atomic mass is 9.97. The standard InChI is InChI=1S/C16H24N2O3S2/c1-17(14-7-2-3-8-14)16(19)13-6-4-10-18(12-13)23(20,21)15-9-5-11-22-15/h5,9,11,13-14H,2-4,6-8,10,12H2,1H3. The van der Waals surface area contributed by atoms with Gasteiger partial charge in [-0.3, -0.25) is 4.79 Å². The molecule has 1 amide bonds. The molecule has 1 aliphatic carbocycles. The molecule has 1 aromatic rings. The van der Waals surface area contributed by atoms with Crippen molar-refractivity contribution in [3.05, 3.63) is 17.5 Å². The molecule has 3 rings (SSSR count). The fourth-order valence-corrected chi connectivity index (χ4v) is 6.33. The Morgan fingerprint density at radius 2 is 2.00 bits per heavy atom. The molecule has 1 saturated heterocycles. The fraction of sp³-hybridized carbons (Fsp3) is 0.688. The number of thiophene rings is 1. The van der Waals surface area contributed by atoms with Gasteiger partial charge in [0.2, 0.25) is 5.91 Å². The summed E-state index contributed by atoms with van der Waals surface area (Å²) in [5.41, 5.74) is 0. The zero-order valence-electron chi connectivity index (χ0n) is 13.5. The van der Waals surface area contributed by atoms with Gasteiger partial charge in [-0.1, -0.05) is 18.9 Å². The second kappa shape index (κ2) is 6.91. The fourth-order valence-electron chi connectivity index (χ4n) is 3.66. The molecule has 23 heavy (non-hydrogen) atoms. The molecule has 2 heterocycles. The van der Waals surface area contributed by atoms with E-state index in [4.69, 9.17) is 0 Å². The van der Waals surface area contributed by atoms with Gasteiger partial charge in [0.05, 0.1) is 5.92 Å². The SMILES string of the molecule is CN(C(=O)C1CCCN(S(=O)(=O)c2cccs2)C1)C1CCCC1. The number of hydrogen-bond donors (Lipinski definition) is 0. The number of carbonyl (C=O) groups is 1. The van der Waals surface area contributed by atoms with E-state index in [1.165, 1.54) is 28.5 Å². The van der Waals surface area contributed by atoms with Crippen molar-refractivity contribution in [3.8, 4) is 0 Å². The third-order valence-corrected chi connectivity index (χ3v) is 8.28. The maximum absolute atomic E-state index is 12.8. The lowest BCUT2D eigenvalue weighted by Crippen LogP contribution is -2.47. The van der Waals surface area contributed by atoms with Crippen molar-refractivity contribution >= 4 is 27.3 Å². The van der Waals surface area contributed by atoms with E-state index in [0.717, 1.165) is 25.7 Å². The van der Waals surface area contributed by atoms with Gasteiger partial charge in [-0.05, 0) is 37.1 Å². The molecule has 0 bridgehead atoms. The van der Waals surface area contributed by atoms with Gasteiger partial charge in [0.1, 0.15) is 4.21 Å². The van der Waals surface area contributed by atoms with Gasteiger partial charge >= 0.3 is 0 Å². The Hall–Kier alpha value is -0.920. The van der Waals surface area contributed by atoms with Crippen LogP contribution in [-0.2, 0) is 14.8 Å². The molecule has 2 aliphatic rings. The maximum atomic E-state index is 12.8. The predicted octanol–water partition coefficient (Wildman–Crippen LogP) is 2.55. The van der Waals surface area contributed by atoms with Crippen LogP contribution in [-0.4, -0.2) is 49.7 Å². The van der Waals surface area contributed by atoms with Gasteiger partial charge in [-0.25, -0.2) is 8.42 Å². The first-order valence-electron chi connectivity index (χ1n) is 8.30. The zero-order chi connectivity index (χ0) is 16.4. The highest BCUT2D eigenvalue weighted by Gasteiger charge is 2.36. The minimum Gasteiger partial charge on any atom is -0.342 e. The summed E-state index contributed by atoms with van der Waals surface area (Å²) in [6.07, 6.45) is 6.06. The van der Waals surface area contributed by atoms with Gasteiger partial charge < -0.3 is 4.90 Å². The average molecular weight is 357 g/mol. The molecule has 1 atom stereocenters. The van der Waals surface area contributed by atoms with Crippen LogP contribution < -0.4 is 0 Å². The molecule has 1 unspecified atom stereocenters. The van der Waals surface area contributed by atoms with Crippen molar-refractivity contribution in [1.82, 2.24) is 9.21 Å². The Bertz CT molecular complexity index is 636. The van der Waals surface area contributed by atoms with Crippen molar-refractivity contribution < 1.29 is 13.2 Å². The van der Waals surface area contributed by atoms with Crippen LogP contribution in [0.25, 0.3) is 0 Å². The van der Waals surface area contributed by atoms with Crippen molar-refractivity contribution in [2.45, 2.75) is 48.8 Å². The smallest absolute Gasteiger partial charge is 0.252 e. The maximum Gasteiger partial charge on any atom is 0.252 e. The molecule has 1 saturated carbocycles. The monoisotopic (exact) mass is 356 g/mol. The van der Waals surface area contributed by atoms with Crippen LogP contribution in [0.4, 0.5) is 0 Å². The third kappa shape index (κ3) is 3.46. The predicted molar refractivity (Wildman–Crippen MR) is 90.8 cm³/mol. The van der Waals surface area contributed by atoms with Crippen molar-refractivity contribution in [2.24, 2.45) is 5.92 Å². The molecule has 1 aliphatic heterocycles. The van der Waals surface area contributed by atoms with Gasteiger partial charge in [0.25, 0.3) is 10.0 Å². The second-order valence-electron chi connectivity index (χ2n) is 6.52. The van der Waals surface area contributed by atoms with E-state index in [2.05, 4.69) is 0 Å². The normalized spacial score (nSPS) is 24.0. The van der Waals surface area contributed by atoms with Crippen LogP contribution in [0.3, 0.4) is 0 Å². The summed E-state index contributed by atoms with van der Waals surface area (Å²) in [6.45, 7) is 0.827. The van der Waals surface area contributed by atoms with Gasteiger partial charge in [0, 0.05) is 26.2 Å². The summed E-state index contributed by atoms with van der Waals surface area (Å²) in [7, 11) is -1.57. The number of rotatable bonds is 4. The lowest BCUT2D eigenvalue weighted by Gasteiger charge is -2.34. The van der Waals surface area contributed by atoms with Crippen LogP contribution in [0.5, 0.6) is 0 Å². The molecular weight excluding hydrogens is 332 g/mol. The molecule has 0 spiro atoms. The van der Waals surface area contributed by atoms with Crippen molar-refractivity contribution in [2.75, 3.05) is 20.1 Å². The molecule has 7 heteroatoms. The Labute approximate surface area is 142 Å². The number of piperidine rings is 1. The summed E-state index contributed by atoms with van der Waals surface area (Å²) in [4.78, 5) is 14.6. The van der Waals surface area contributed by atoms with Crippen molar-refractivity contribution in [3.63, 3.8) is 0 Å². The first-order valence-corrected chi connectivity index (χ1v) is 10.6. The zero-order valence-corrected chi connectivity index (χ0v) is 15.1. The van der Waals surface area contributed by atoms with E-state index < -0.39 is 10.0 Å². The van der Waals surface area contributed by atoms with Gasteiger partial charge in [-0.15, -0.1) is 11.3 Å². The Morgan fingerprint density at radius 1 is 1.26 bits per heavy atom. The van der Waals surface area contributed by atoms with Gasteiger partial charge in [-0.2, -0.15) is 4.31 Å². The van der Waals surface area contributed by atoms with E-state index in [0.29, 0.717) is 23.3 Å². The largest absolute Gasteiger partial charge is 0.342 e. The molecule has 0 radical (unpaired) electrons. The second-order valence-corrected chi connectivity index (χ2v) is 9.63. The van der Waals surface area contributed by atoms with E-state index in [9.17, 15) is 13.2 Å². The molecule has 1 aromatic heterocycles. The first-order chi connectivity index (χ1) is 11.0. The van der Waals surface area contributed by atoms with Crippen LogP contribution in [0.2, 0.25) is 0 Å². The Balaban J connectivity index is 1.69. The van der Waals surface area contributed by atoms with E-state index in [1.807, 2.05) is 11.9 Å². The molecule has 5 nitrogen and oxygen atoms in total. The third-order valence-electron chi connectivity index (χ3n) is 5.04. The molecule has 0 aromatic carbocycles. The number of sulfonamides is 1. The first kappa shape index (κ1) is 16.9. The number of nitrogens with zero attached hydrogens (tertiary/aromatic N) is 2. The number of amides is 1. The summed E-state index contributed by atoms with van der Waals surface area (Å²) in [6, 6.07) is 3.72. The van der Waals surface area contributed by atoms with Crippen LogP contribution in [0, 0.1) is 5.92 Å². The van der Waals surface area contributed by atoms with Gasteiger partial charge in [0.15, 0.2) is 0 Å². The number of hydrogen-bond acceptors (Lipinski definition) is 4. The van der Waals surface area contributed by atoms with Crippen LogP contribution >= 0.6 is 11.3 Å². The minimum atomic E-state index is -3.45. The molecule has 128 valence electrons. The Kier molecular flexibility index (Phi) is 5.08. The molecule has 0 N–H and O–H groups in total. The quantitative estimate of drug-likeness (QED) is 0.833. The summed E-state index contributed by atoms with van der Waals surface area (Å²) in [5.74, 6) is -0.0907. The van der Waals surface area contributed by atoms with Crippen LogP contribution in [0.1, 0.15) is 38.5 Å². The topological polar surface area (TPSA) is 57.7 Å². The Morgan fingerprint density at radius 3 is 2.65 bits per heavy atom. The van der Waals surface area contributed by atoms with Crippen LogP contribution in [0.15, 0.2) is 21.7 Å².